The summed E-state index contributed by atoms with van der Waals surface area (Å²) in [4.78, 5) is 32.2. The molecular weight excluding hydrogens is 392 g/mol. The van der Waals surface area contributed by atoms with Gasteiger partial charge in [0.25, 0.3) is 0 Å². The molecule has 3 rings (SSSR count). The van der Waals surface area contributed by atoms with Crippen LogP contribution < -0.4 is 10.6 Å². The number of anilines is 1. The molecule has 0 aromatic carbocycles. The van der Waals surface area contributed by atoms with Crippen LogP contribution in [0.25, 0.3) is 0 Å². The first-order valence-electron chi connectivity index (χ1n) is 11.3. The quantitative estimate of drug-likeness (QED) is 0.450. The summed E-state index contributed by atoms with van der Waals surface area (Å²) in [5.74, 6) is -0.199. The van der Waals surface area contributed by atoms with Gasteiger partial charge in [0, 0.05) is 24.6 Å². The Labute approximate surface area is 183 Å². The van der Waals surface area contributed by atoms with Crippen molar-refractivity contribution in [2.45, 2.75) is 70.3 Å². The molecule has 0 spiro atoms. The Balaban J connectivity index is 1.29. The third-order valence-electron chi connectivity index (χ3n) is 5.62. The molecule has 3 N–H and O–H groups in total. The number of nitrogens with zero attached hydrogens (tertiary/aromatic N) is 2. The van der Waals surface area contributed by atoms with Crippen LogP contribution in [0.15, 0.2) is 36.7 Å². The minimum Gasteiger partial charge on any atom is -0.480 e. The molecule has 0 saturated heterocycles. The molecule has 2 aromatic heterocycles. The third-order valence-corrected chi connectivity index (χ3v) is 5.62. The topological polar surface area (TPSA) is 104 Å². The van der Waals surface area contributed by atoms with E-state index in [4.69, 9.17) is 4.98 Å². The molecule has 1 unspecified atom stereocenters. The summed E-state index contributed by atoms with van der Waals surface area (Å²) in [7, 11) is 0. The highest BCUT2D eigenvalue weighted by atomic mass is 16.4. The number of fused-ring (bicyclic) bond motifs is 1. The number of aromatic nitrogens is 2. The van der Waals surface area contributed by atoms with E-state index in [0.29, 0.717) is 6.42 Å². The van der Waals surface area contributed by atoms with E-state index in [1.807, 2.05) is 0 Å². The molecule has 0 radical (unpaired) electrons. The maximum Gasteiger partial charge on any atom is 0.326 e. The molecule has 1 atom stereocenters. The van der Waals surface area contributed by atoms with E-state index < -0.39 is 12.0 Å². The number of carbonyl (C=O) groups excluding carboxylic acids is 1. The zero-order chi connectivity index (χ0) is 21.9. The number of rotatable bonds is 12. The maximum absolute atomic E-state index is 12.1. The van der Waals surface area contributed by atoms with Crippen LogP contribution in [0, 0.1) is 0 Å². The molecule has 1 aliphatic heterocycles. The van der Waals surface area contributed by atoms with Crippen molar-refractivity contribution in [3.8, 4) is 0 Å². The standard InChI is InChI=1S/C24H32N4O3/c29-22(17-18-12-15-25-16-13-18)28-21(24(30)31)9-5-3-1-2-4-8-20-11-10-19-7-6-14-26-23(19)27-20/h10-13,15-16,21H,1-9,14,17H2,(H,26,27)(H,28,29)(H,30,31). The zero-order valence-corrected chi connectivity index (χ0v) is 18.0. The van der Waals surface area contributed by atoms with Crippen molar-refractivity contribution < 1.29 is 14.7 Å². The molecule has 2 aromatic rings. The predicted octanol–water partition coefficient (Wildman–Crippen LogP) is 3.53. The third kappa shape index (κ3) is 7.66. The average Bonchev–Trinajstić information content (AvgIpc) is 2.78. The first-order valence-corrected chi connectivity index (χ1v) is 11.3. The van der Waals surface area contributed by atoms with Gasteiger partial charge in [0.15, 0.2) is 0 Å². The number of carbonyl (C=O) groups is 2. The summed E-state index contributed by atoms with van der Waals surface area (Å²) in [6, 6.07) is 7.01. The van der Waals surface area contributed by atoms with Gasteiger partial charge in [0.2, 0.25) is 5.91 Å². The Morgan fingerprint density at radius 1 is 1.06 bits per heavy atom. The Kier molecular flexibility index (Phi) is 8.82. The van der Waals surface area contributed by atoms with E-state index in [1.54, 1.807) is 24.5 Å². The molecule has 1 amide bonds. The largest absolute Gasteiger partial charge is 0.480 e. The maximum atomic E-state index is 12.1. The molecule has 166 valence electrons. The molecule has 0 fully saturated rings. The van der Waals surface area contributed by atoms with Gasteiger partial charge in [-0.15, -0.1) is 0 Å². The van der Waals surface area contributed by atoms with Gasteiger partial charge in [-0.1, -0.05) is 31.7 Å². The van der Waals surface area contributed by atoms with Gasteiger partial charge in [0.1, 0.15) is 11.9 Å². The number of hydrogen-bond donors (Lipinski definition) is 3. The number of amides is 1. The second-order valence-corrected chi connectivity index (χ2v) is 8.14. The molecular formula is C24H32N4O3. The average molecular weight is 425 g/mol. The lowest BCUT2D eigenvalue weighted by Crippen LogP contribution is -2.41. The van der Waals surface area contributed by atoms with Gasteiger partial charge >= 0.3 is 5.97 Å². The number of carboxylic acids is 1. The number of carboxylic acid groups (broad SMARTS) is 1. The summed E-state index contributed by atoms with van der Waals surface area (Å²) in [5.41, 5.74) is 3.27. The molecule has 31 heavy (non-hydrogen) atoms. The van der Waals surface area contributed by atoms with Gasteiger partial charge in [-0.05, 0) is 61.4 Å². The zero-order valence-electron chi connectivity index (χ0n) is 18.0. The first-order chi connectivity index (χ1) is 15.1. The summed E-state index contributed by atoms with van der Waals surface area (Å²) >= 11 is 0. The summed E-state index contributed by atoms with van der Waals surface area (Å²) in [6.07, 6.45) is 12.1. The SMILES string of the molecule is O=C(Cc1ccncc1)NC(CCCCCCCc1ccc2c(n1)NCCC2)C(=O)O. The predicted molar refractivity (Wildman–Crippen MR) is 120 cm³/mol. The smallest absolute Gasteiger partial charge is 0.326 e. The van der Waals surface area contributed by atoms with Gasteiger partial charge in [-0.2, -0.15) is 0 Å². The number of aliphatic carboxylic acids is 1. The van der Waals surface area contributed by atoms with E-state index in [0.717, 1.165) is 68.6 Å². The van der Waals surface area contributed by atoms with Crippen LogP contribution in [0.5, 0.6) is 0 Å². The summed E-state index contributed by atoms with van der Waals surface area (Å²) in [6.45, 7) is 1.00. The van der Waals surface area contributed by atoms with Crippen molar-refractivity contribution >= 4 is 17.7 Å². The number of nitrogens with one attached hydrogen (secondary N) is 2. The lowest BCUT2D eigenvalue weighted by molar-refractivity contribution is -0.142. The van der Waals surface area contributed by atoms with Crippen LogP contribution in [0.1, 0.15) is 61.8 Å². The number of hydrogen-bond acceptors (Lipinski definition) is 5. The fourth-order valence-corrected chi connectivity index (χ4v) is 3.88. The minimum absolute atomic E-state index is 0.165. The highest BCUT2D eigenvalue weighted by Crippen LogP contribution is 2.20. The van der Waals surface area contributed by atoms with Crippen molar-refractivity contribution in [3.05, 3.63) is 53.5 Å². The van der Waals surface area contributed by atoms with Gasteiger partial charge in [-0.25, -0.2) is 9.78 Å². The lowest BCUT2D eigenvalue weighted by Gasteiger charge is -2.17. The van der Waals surface area contributed by atoms with Crippen LogP contribution >= 0.6 is 0 Å². The van der Waals surface area contributed by atoms with Crippen molar-refractivity contribution in [1.29, 1.82) is 0 Å². The second-order valence-electron chi connectivity index (χ2n) is 8.14. The van der Waals surface area contributed by atoms with Crippen LogP contribution in [0.3, 0.4) is 0 Å². The van der Waals surface area contributed by atoms with E-state index in [1.165, 1.54) is 12.0 Å². The molecule has 3 heterocycles. The Morgan fingerprint density at radius 3 is 2.65 bits per heavy atom. The Morgan fingerprint density at radius 2 is 1.84 bits per heavy atom. The number of unbranched alkanes of at least 4 members (excludes halogenated alkanes) is 4. The minimum atomic E-state index is -0.977. The monoisotopic (exact) mass is 424 g/mol. The van der Waals surface area contributed by atoms with E-state index in [-0.39, 0.29) is 12.3 Å². The fraction of sp³-hybridized carbons (Fsp3) is 0.500. The van der Waals surface area contributed by atoms with Crippen molar-refractivity contribution in [2.24, 2.45) is 0 Å². The number of aryl methyl sites for hydroxylation is 2. The lowest BCUT2D eigenvalue weighted by atomic mass is 10.0. The molecule has 0 saturated carbocycles. The Hall–Kier alpha value is -2.96. The molecule has 0 bridgehead atoms. The summed E-state index contributed by atoms with van der Waals surface area (Å²) in [5, 5.41) is 15.4. The van der Waals surface area contributed by atoms with Crippen LogP contribution in [0.4, 0.5) is 5.82 Å². The van der Waals surface area contributed by atoms with E-state index in [9.17, 15) is 14.7 Å². The molecule has 0 aliphatic carbocycles. The van der Waals surface area contributed by atoms with Gasteiger partial charge < -0.3 is 15.7 Å². The molecule has 7 heteroatoms. The number of pyridine rings is 2. The van der Waals surface area contributed by atoms with Crippen molar-refractivity contribution in [3.63, 3.8) is 0 Å². The molecule has 1 aliphatic rings. The van der Waals surface area contributed by atoms with Crippen LogP contribution in [0.2, 0.25) is 0 Å². The van der Waals surface area contributed by atoms with Crippen molar-refractivity contribution in [1.82, 2.24) is 15.3 Å². The highest BCUT2D eigenvalue weighted by molar-refractivity contribution is 5.84. The van der Waals surface area contributed by atoms with Crippen LogP contribution in [-0.4, -0.2) is 39.5 Å². The van der Waals surface area contributed by atoms with Crippen molar-refractivity contribution in [2.75, 3.05) is 11.9 Å². The van der Waals surface area contributed by atoms with E-state index >= 15 is 0 Å². The highest BCUT2D eigenvalue weighted by Gasteiger charge is 2.19. The normalized spacial score (nSPS) is 13.7. The molecule has 7 nitrogen and oxygen atoms in total. The first kappa shape index (κ1) is 22.7. The fourth-order valence-electron chi connectivity index (χ4n) is 3.88. The van der Waals surface area contributed by atoms with Gasteiger partial charge in [0.05, 0.1) is 6.42 Å². The summed E-state index contributed by atoms with van der Waals surface area (Å²) < 4.78 is 0. The second kappa shape index (κ2) is 12.0. The van der Waals surface area contributed by atoms with Gasteiger partial charge in [-0.3, -0.25) is 9.78 Å². The van der Waals surface area contributed by atoms with Crippen LogP contribution in [-0.2, 0) is 28.9 Å². The van der Waals surface area contributed by atoms with E-state index in [2.05, 4.69) is 27.8 Å². The Bertz CT molecular complexity index is 857.